The van der Waals surface area contributed by atoms with Crippen molar-refractivity contribution >= 4 is 38.6 Å². The second-order valence-corrected chi connectivity index (χ2v) is 6.62. The molecule has 0 bridgehead atoms. The Kier molecular flexibility index (Phi) is 4.33. The van der Waals surface area contributed by atoms with Crippen molar-refractivity contribution in [2.24, 2.45) is 5.92 Å². The van der Waals surface area contributed by atoms with Gasteiger partial charge in [-0.3, -0.25) is 0 Å². The average Bonchev–Trinajstić information content (AvgIpc) is 2.64. The molecule has 0 N–H and O–H groups in total. The van der Waals surface area contributed by atoms with Crippen molar-refractivity contribution in [1.82, 2.24) is 9.55 Å². The fourth-order valence-corrected chi connectivity index (χ4v) is 2.56. The molecule has 0 saturated heterocycles. The molecule has 0 amide bonds. The predicted octanol–water partition coefficient (Wildman–Crippen LogP) is 5.14. The number of fused-ring (bicyclic) bond motifs is 1. The zero-order chi connectivity index (χ0) is 13.3. The largest absolute Gasteiger partial charge is 0.327 e. The normalized spacial score (nSPS) is 13.4. The maximum absolute atomic E-state index is 6.24. The van der Waals surface area contributed by atoms with Gasteiger partial charge in [0.1, 0.15) is 5.82 Å². The highest BCUT2D eigenvalue weighted by atomic mass is 79.9. The molecule has 0 saturated carbocycles. The van der Waals surface area contributed by atoms with E-state index in [0.717, 1.165) is 34.3 Å². The van der Waals surface area contributed by atoms with Crippen LogP contribution in [0.15, 0.2) is 22.7 Å². The van der Waals surface area contributed by atoms with E-state index >= 15 is 0 Å². The Morgan fingerprint density at radius 1 is 1.33 bits per heavy atom. The molecule has 0 spiro atoms. The van der Waals surface area contributed by atoms with E-state index in [0.29, 0.717) is 5.92 Å². The molecule has 0 aliphatic heterocycles. The van der Waals surface area contributed by atoms with Crippen LogP contribution in [0, 0.1) is 5.92 Å². The van der Waals surface area contributed by atoms with Crippen molar-refractivity contribution in [3.05, 3.63) is 28.5 Å². The highest BCUT2D eigenvalue weighted by Crippen LogP contribution is 2.27. The van der Waals surface area contributed by atoms with Gasteiger partial charge < -0.3 is 4.57 Å². The molecule has 2 nitrogen and oxygen atoms in total. The number of aromatic nitrogens is 2. The summed E-state index contributed by atoms with van der Waals surface area (Å²) in [6.07, 6.45) is 1.13. The molecule has 0 aliphatic rings. The van der Waals surface area contributed by atoms with Crippen LogP contribution in [0.5, 0.6) is 0 Å². The number of alkyl halides is 1. The molecule has 1 aromatic carbocycles. The van der Waals surface area contributed by atoms with Gasteiger partial charge in [-0.15, -0.1) is 11.6 Å². The number of rotatable bonds is 4. The number of imidazole rings is 1. The molecular formula is C14H18BrClN2. The van der Waals surface area contributed by atoms with Gasteiger partial charge in [0.05, 0.1) is 16.4 Å². The van der Waals surface area contributed by atoms with E-state index in [9.17, 15) is 0 Å². The minimum Gasteiger partial charge on any atom is -0.327 e. The molecule has 2 aromatic rings. The Bertz CT molecular complexity index is 546. The predicted molar refractivity (Wildman–Crippen MR) is 81.2 cm³/mol. The highest BCUT2D eigenvalue weighted by Gasteiger charge is 2.15. The van der Waals surface area contributed by atoms with E-state index in [1.807, 2.05) is 19.1 Å². The molecule has 1 heterocycles. The van der Waals surface area contributed by atoms with Gasteiger partial charge >= 0.3 is 0 Å². The zero-order valence-corrected chi connectivity index (χ0v) is 13.3. The average molecular weight is 330 g/mol. The summed E-state index contributed by atoms with van der Waals surface area (Å²) in [6.45, 7) is 7.42. The van der Waals surface area contributed by atoms with Crippen molar-refractivity contribution in [3.8, 4) is 0 Å². The number of halogens is 2. The van der Waals surface area contributed by atoms with E-state index in [1.54, 1.807) is 0 Å². The minimum absolute atomic E-state index is 0.0664. The number of nitrogens with zero attached hydrogens (tertiary/aromatic N) is 2. The second-order valence-electron chi connectivity index (χ2n) is 5.05. The van der Waals surface area contributed by atoms with Gasteiger partial charge in [-0.05, 0) is 37.5 Å². The van der Waals surface area contributed by atoms with Crippen LogP contribution in [0.1, 0.15) is 38.4 Å². The fourth-order valence-electron chi connectivity index (χ4n) is 2.04. The van der Waals surface area contributed by atoms with E-state index in [1.165, 1.54) is 0 Å². The summed E-state index contributed by atoms with van der Waals surface area (Å²) in [4.78, 5) is 4.64. The quantitative estimate of drug-likeness (QED) is 0.710. The summed E-state index contributed by atoms with van der Waals surface area (Å²) in [5, 5.41) is -0.0664. The molecule has 0 fully saturated rings. The first-order chi connectivity index (χ1) is 8.49. The third-order valence-electron chi connectivity index (χ3n) is 3.03. The Morgan fingerprint density at radius 3 is 2.67 bits per heavy atom. The molecular weight excluding hydrogens is 312 g/mol. The third-order valence-corrected chi connectivity index (χ3v) is 3.71. The lowest BCUT2D eigenvalue weighted by Crippen LogP contribution is -2.06. The molecule has 1 unspecified atom stereocenters. The lowest BCUT2D eigenvalue weighted by atomic mass is 10.1. The number of hydrogen-bond donors (Lipinski definition) is 0. The van der Waals surface area contributed by atoms with Gasteiger partial charge in [0.15, 0.2) is 0 Å². The molecule has 4 heteroatoms. The van der Waals surface area contributed by atoms with Gasteiger partial charge in [0.2, 0.25) is 0 Å². The molecule has 0 aliphatic carbocycles. The van der Waals surface area contributed by atoms with Crippen molar-refractivity contribution in [3.63, 3.8) is 0 Å². The first-order valence-corrected chi connectivity index (χ1v) is 7.51. The first-order valence-electron chi connectivity index (χ1n) is 6.28. The van der Waals surface area contributed by atoms with Crippen LogP contribution in [0.25, 0.3) is 11.0 Å². The van der Waals surface area contributed by atoms with Crippen LogP contribution >= 0.6 is 27.5 Å². The van der Waals surface area contributed by atoms with Crippen LogP contribution < -0.4 is 0 Å². The summed E-state index contributed by atoms with van der Waals surface area (Å²) in [7, 11) is 0. The van der Waals surface area contributed by atoms with Crippen LogP contribution in [-0.4, -0.2) is 9.55 Å². The monoisotopic (exact) mass is 328 g/mol. The minimum atomic E-state index is -0.0664. The van der Waals surface area contributed by atoms with E-state index in [-0.39, 0.29) is 5.38 Å². The third kappa shape index (κ3) is 2.89. The Morgan fingerprint density at radius 2 is 2.06 bits per heavy atom. The van der Waals surface area contributed by atoms with E-state index < -0.39 is 0 Å². The van der Waals surface area contributed by atoms with Gasteiger partial charge in [-0.2, -0.15) is 0 Å². The van der Waals surface area contributed by atoms with Crippen LogP contribution in [0.3, 0.4) is 0 Å². The van der Waals surface area contributed by atoms with Crippen LogP contribution in [0.4, 0.5) is 0 Å². The van der Waals surface area contributed by atoms with Gasteiger partial charge in [0, 0.05) is 11.0 Å². The summed E-state index contributed by atoms with van der Waals surface area (Å²) in [5.41, 5.74) is 2.18. The summed E-state index contributed by atoms with van der Waals surface area (Å²) in [5.74, 6) is 1.64. The lowest BCUT2D eigenvalue weighted by molar-refractivity contribution is 0.512. The number of benzene rings is 1. The molecule has 0 radical (unpaired) electrons. The lowest BCUT2D eigenvalue weighted by Gasteiger charge is -2.12. The maximum Gasteiger partial charge on any atom is 0.127 e. The van der Waals surface area contributed by atoms with Crippen molar-refractivity contribution in [2.75, 3.05) is 0 Å². The Labute approximate surface area is 121 Å². The standard InChI is InChI=1S/C14H18BrClN2/c1-9(2)6-7-18-13-8-11(15)4-5-12(13)17-14(18)10(3)16/h4-5,8-10H,6-7H2,1-3H3. The Balaban J connectivity index is 2.50. The maximum atomic E-state index is 6.24. The van der Waals surface area contributed by atoms with Crippen molar-refractivity contribution < 1.29 is 0 Å². The smallest absolute Gasteiger partial charge is 0.127 e. The first kappa shape index (κ1) is 13.9. The van der Waals surface area contributed by atoms with Crippen molar-refractivity contribution in [2.45, 2.75) is 39.1 Å². The van der Waals surface area contributed by atoms with Crippen molar-refractivity contribution in [1.29, 1.82) is 0 Å². The summed E-state index contributed by atoms with van der Waals surface area (Å²) >= 11 is 9.76. The Hall–Kier alpha value is -0.540. The highest BCUT2D eigenvalue weighted by molar-refractivity contribution is 9.10. The van der Waals surface area contributed by atoms with Crippen LogP contribution in [0.2, 0.25) is 0 Å². The number of hydrogen-bond acceptors (Lipinski definition) is 1. The molecule has 1 atom stereocenters. The second kappa shape index (κ2) is 5.62. The van der Waals surface area contributed by atoms with Crippen LogP contribution in [-0.2, 0) is 6.54 Å². The SMILES string of the molecule is CC(C)CCn1c(C(C)Cl)nc2ccc(Br)cc21. The zero-order valence-electron chi connectivity index (χ0n) is 11.0. The number of aryl methyl sites for hydroxylation is 1. The molecule has 1 aromatic heterocycles. The summed E-state index contributed by atoms with van der Waals surface area (Å²) in [6, 6.07) is 6.17. The molecule has 2 rings (SSSR count). The molecule has 18 heavy (non-hydrogen) atoms. The van der Waals surface area contributed by atoms with Gasteiger partial charge in [-0.25, -0.2) is 4.98 Å². The topological polar surface area (TPSA) is 17.8 Å². The summed E-state index contributed by atoms with van der Waals surface area (Å²) < 4.78 is 3.33. The van der Waals surface area contributed by atoms with Gasteiger partial charge in [0.25, 0.3) is 0 Å². The van der Waals surface area contributed by atoms with E-state index in [4.69, 9.17) is 11.6 Å². The fraction of sp³-hybridized carbons (Fsp3) is 0.500. The van der Waals surface area contributed by atoms with Gasteiger partial charge in [-0.1, -0.05) is 29.8 Å². The molecule has 98 valence electrons. The van der Waals surface area contributed by atoms with E-state index in [2.05, 4.69) is 45.4 Å².